The van der Waals surface area contributed by atoms with Gasteiger partial charge in [0.05, 0.1) is 29.5 Å². The molecule has 0 spiro atoms. The second-order valence-corrected chi connectivity index (χ2v) is 11.5. The molecule has 0 saturated heterocycles. The quantitative estimate of drug-likeness (QED) is 0.430. The molecule has 2 N–H and O–H groups in total. The van der Waals surface area contributed by atoms with Crippen LogP contribution in [0.4, 0.5) is 18.9 Å². The van der Waals surface area contributed by atoms with E-state index in [4.69, 9.17) is 4.74 Å². The maximum atomic E-state index is 13.7. The number of nitrogens with one attached hydrogen (secondary N) is 1. The van der Waals surface area contributed by atoms with Crippen molar-refractivity contribution >= 4 is 17.5 Å². The fraction of sp³-hybridized carbons (Fsp3) is 0.548. The van der Waals surface area contributed by atoms with Gasteiger partial charge in [0, 0.05) is 31.5 Å². The molecule has 224 valence electrons. The number of alkyl halides is 3. The number of likely N-dealkylation sites (N-methyl/N-ethyl adjacent to an activating group) is 1. The van der Waals surface area contributed by atoms with Crippen LogP contribution in [0.15, 0.2) is 42.5 Å². The third-order valence-corrected chi connectivity index (χ3v) is 8.15. The first-order chi connectivity index (χ1) is 19.5. The molecule has 4 rings (SSSR count). The summed E-state index contributed by atoms with van der Waals surface area (Å²) >= 11 is 0. The highest BCUT2D eigenvalue weighted by molar-refractivity contribution is 6.02. The summed E-state index contributed by atoms with van der Waals surface area (Å²) in [6.07, 6.45) is 0.00719. The summed E-state index contributed by atoms with van der Waals surface area (Å²) in [5, 5.41) is 12.9. The normalized spacial score (nSPS) is 21.1. The summed E-state index contributed by atoms with van der Waals surface area (Å²) in [5.74, 6) is -0.298. The molecule has 2 aliphatic rings. The van der Waals surface area contributed by atoms with E-state index in [1.807, 2.05) is 18.9 Å². The van der Waals surface area contributed by atoms with Crippen LogP contribution in [0.3, 0.4) is 0 Å². The number of hydrogen-bond acceptors (Lipinski definition) is 5. The molecule has 1 aliphatic heterocycles. The van der Waals surface area contributed by atoms with Crippen molar-refractivity contribution in [3.05, 3.63) is 59.2 Å². The molecule has 7 nitrogen and oxygen atoms in total. The van der Waals surface area contributed by atoms with Gasteiger partial charge in [0.2, 0.25) is 5.91 Å². The van der Waals surface area contributed by atoms with Crippen molar-refractivity contribution in [3.63, 3.8) is 0 Å². The number of aliphatic hydroxyl groups is 1. The highest BCUT2D eigenvalue weighted by atomic mass is 19.4. The number of halogens is 3. The molecule has 3 atom stereocenters. The van der Waals surface area contributed by atoms with Crippen LogP contribution in [0.5, 0.6) is 5.75 Å². The number of para-hydroxylation sites is 1. The SMILES string of the molecule is C[C@H]1CN([C@@H](C)CO)C(=O)c2cccc(NC(=O)C3CCCCC3)c2O[C@@H]1CN(C)Cc1ccc(C(F)(F)F)cc1. The van der Waals surface area contributed by atoms with Crippen molar-refractivity contribution in [2.45, 2.75) is 70.8 Å². The lowest BCUT2D eigenvalue weighted by Crippen LogP contribution is -2.49. The Balaban J connectivity index is 1.60. The Hall–Kier alpha value is -3.11. The van der Waals surface area contributed by atoms with Crippen molar-refractivity contribution < 1.29 is 32.6 Å². The van der Waals surface area contributed by atoms with Crippen LogP contribution in [0.2, 0.25) is 0 Å². The molecular weight excluding hydrogens is 535 g/mol. The maximum absolute atomic E-state index is 13.7. The largest absolute Gasteiger partial charge is 0.486 e. The van der Waals surface area contributed by atoms with E-state index >= 15 is 0 Å². The monoisotopic (exact) mass is 575 g/mol. The molecule has 2 amide bonds. The number of amides is 2. The molecule has 0 radical (unpaired) electrons. The Morgan fingerprint density at radius 3 is 2.46 bits per heavy atom. The van der Waals surface area contributed by atoms with Crippen LogP contribution >= 0.6 is 0 Å². The van der Waals surface area contributed by atoms with E-state index in [0.29, 0.717) is 36.6 Å². The molecule has 0 bridgehead atoms. The van der Waals surface area contributed by atoms with E-state index in [1.54, 1.807) is 30.0 Å². The average molecular weight is 576 g/mol. The van der Waals surface area contributed by atoms with Crippen LogP contribution in [0.1, 0.15) is 67.4 Å². The van der Waals surface area contributed by atoms with Gasteiger partial charge in [-0.05, 0) is 56.6 Å². The van der Waals surface area contributed by atoms with Gasteiger partial charge >= 0.3 is 6.18 Å². The zero-order valence-electron chi connectivity index (χ0n) is 23.9. The number of carbonyl (C=O) groups excluding carboxylic acids is 2. The Labute approximate surface area is 239 Å². The lowest BCUT2D eigenvalue weighted by atomic mass is 9.88. The van der Waals surface area contributed by atoms with Crippen molar-refractivity contribution in [2.75, 3.05) is 32.1 Å². The number of benzene rings is 2. The maximum Gasteiger partial charge on any atom is 0.416 e. The number of ether oxygens (including phenoxy) is 1. The lowest BCUT2D eigenvalue weighted by molar-refractivity contribution is -0.137. The van der Waals surface area contributed by atoms with Crippen molar-refractivity contribution in [3.8, 4) is 5.75 Å². The molecule has 1 fully saturated rings. The number of carbonyl (C=O) groups is 2. The molecule has 41 heavy (non-hydrogen) atoms. The van der Waals surface area contributed by atoms with E-state index < -0.39 is 23.9 Å². The molecule has 2 aromatic carbocycles. The van der Waals surface area contributed by atoms with Gasteiger partial charge in [0.1, 0.15) is 6.10 Å². The van der Waals surface area contributed by atoms with E-state index in [-0.39, 0.29) is 30.3 Å². The number of hydrogen-bond donors (Lipinski definition) is 2. The number of rotatable bonds is 8. The highest BCUT2D eigenvalue weighted by Crippen LogP contribution is 2.36. The van der Waals surface area contributed by atoms with Gasteiger partial charge in [-0.1, -0.05) is 44.4 Å². The van der Waals surface area contributed by atoms with Crippen LogP contribution in [-0.4, -0.2) is 65.6 Å². The van der Waals surface area contributed by atoms with E-state index in [2.05, 4.69) is 5.32 Å². The van der Waals surface area contributed by atoms with Gasteiger partial charge in [0.25, 0.3) is 5.91 Å². The molecule has 1 heterocycles. The summed E-state index contributed by atoms with van der Waals surface area (Å²) in [6.45, 7) is 4.71. The van der Waals surface area contributed by atoms with E-state index in [9.17, 15) is 27.9 Å². The Morgan fingerprint density at radius 2 is 1.83 bits per heavy atom. The minimum Gasteiger partial charge on any atom is -0.486 e. The second-order valence-electron chi connectivity index (χ2n) is 11.5. The Kier molecular flexibility index (Phi) is 9.96. The predicted molar refractivity (Wildman–Crippen MR) is 151 cm³/mol. The average Bonchev–Trinajstić information content (AvgIpc) is 2.95. The smallest absolute Gasteiger partial charge is 0.416 e. The predicted octanol–water partition coefficient (Wildman–Crippen LogP) is 5.58. The molecule has 2 aromatic rings. The molecule has 10 heteroatoms. The van der Waals surface area contributed by atoms with Gasteiger partial charge < -0.3 is 20.1 Å². The summed E-state index contributed by atoms with van der Waals surface area (Å²) in [7, 11) is 1.86. The first kappa shape index (κ1) is 30.8. The van der Waals surface area contributed by atoms with Gasteiger partial charge in [-0.2, -0.15) is 13.2 Å². The zero-order chi connectivity index (χ0) is 29.7. The number of fused-ring (bicyclic) bond motifs is 1. The molecular formula is C31H40F3N3O4. The Morgan fingerprint density at radius 1 is 1.15 bits per heavy atom. The van der Waals surface area contributed by atoms with Gasteiger partial charge in [0.15, 0.2) is 5.75 Å². The standard InChI is InChI=1S/C31H40F3N3O4/c1-20-16-37(21(2)19-38)30(40)25-10-7-11-26(35-29(39)23-8-5-4-6-9-23)28(25)41-27(20)18-36(3)17-22-12-14-24(15-13-22)31(32,33)34/h7,10-15,20-21,23,27,38H,4-6,8-9,16-19H2,1-3H3,(H,35,39)/t20-,21-,27+/m0/s1. The van der Waals surface area contributed by atoms with E-state index in [0.717, 1.165) is 49.8 Å². The zero-order valence-corrected chi connectivity index (χ0v) is 23.9. The van der Waals surface area contributed by atoms with Crippen molar-refractivity contribution in [1.29, 1.82) is 0 Å². The first-order valence-corrected chi connectivity index (χ1v) is 14.3. The van der Waals surface area contributed by atoms with Crippen LogP contribution < -0.4 is 10.1 Å². The van der Waals surface area contributed by atoms with Crippen LogP contribution in [0.25, 0.3) is 0 Å². The third kappa shape index (κ3) is 7.60. The van der Waals surface area contributed by atoms with Gasteiger partial charge in [-0.25, -0.2) is 0 Å². The van der Waals surface area contributed by atoms with Crippen molar-refractivity contribution in [2.24, 2.45) is 11.8 Å². The summed E-state index contributed by atoms with van der Waals surface area (Å²) in [6, 6.07) is 9.80. The third-order valence-electron chi connectivity index (χ3n) is 8.15. The van der Waals surface area contributed by atoms with Gasteiger partial charge in [-0.3, -0.25) is 14.5 Å². The molecule has 1 saturated carbocycles. The van der Waals surface area contributed by atoms with Crippen LogP contribution in [0, 0.1) is 11.8 Å². The summed E-state index contributed by atoms with van der Waals surface area (Å²) < 4.78 is 45.5. The Bertz CT molecular complexity index is 1200. The minimum atomic E-state index is -4.39. The lowest BCUT2D eigenvalue weighted by Gasteiger charge is -2.38. The van der Waals surface area contributed by atoms with Gasteiger partial charge in [-0.15, -0.1) is 0 Å². The molecule has 0 aromatic heterocycles. The number of anilines is 1. The highest BCUT2D eigenvalue weighted by Gasteiger charge is 2.35. The molecule has 1 aliphatic carbocycles. The van der Waals surface area contributed by atoms with Crippen molar-refractivity contribution in [1.82, 2.24) is 9.80 Å². The van der Waals surface area contributed by atoms with Crippen LogP contribution in [-0.2, 0) is 17.5 Å². The minimum absolute atomic E-state index is 0.0826. The van der Waals surface area contributed by atoms with E-state index in [1.165, 1.54) is 12.1 Å². The fourth-order valence-corrected chi connectivity index (χ4v) is 5.64. The number of nitrogens with zero attached hydrogens (tertiary/aromatic N) is 2. The topological polar surface area (TPSA) is 82.1 Å². The fourth-order valence-electron chi connectivity index (χ4n) is 5.64. The molecule has 0 unspecified atom stereocenters. The summed E-state index contributed by atoms with van der Waals surface area (Å²) in [5.41, 5.74) is 0.787. The second kappa shape index (κ2) is 13.2. The first-order valence-electron chi connectivity index (χ1n) is 14.3. The number of aliphatic hydroxyl groups excluding tert-OH is 1. The summed E-state index contributed by atoms with van der Waals surface area (Å²) in [4.78, 5) is 30.4.